The zero-order valence-corrected chi connectivity index (χ0v) is 18.2. The minimum absolute atomic E-state index is 0.0253. The molecule has 2 aromatic carbocycles. The van der Waals surface area contributed by atoms with E-state index in [1.807, 2.05) is 39.9 Å². The number of piperazine rings is 1. The van der Waals surface area contributed by atoms with Crippen LogP contribution in [0.4, 0.5) is 18.9 Å². The minimum atomic E-state index is -4.34. The molecule has 1 saturated heterocycles. The molecule has 0 spiro atoms. The highest BCUT2D eigenvalue weighted by molar-refractivity contribution is 5.49. The van der Waals surface area contributed by atoms with Crippen LogP contribution in [0.25, 0.3) is 0 Å². The zero-order chi connectivity index (χ0) is 22.7. The van der Waals surface area contributed by atoms with Crippen LogP contribution in [0.1, 0.15) is 36.8 Å². The topological polar surface area (TPSA) is 50.1 Å². The average Bonchev–Trinajstić information content (AvgIpc) is 3.22. The van der Waals surface area contributed by atoms with Gasteiger partial charge in [0.05, 0.1) is 18.2 Å². The van der Waals surface area contributed by atoms with Crippen LogP contribution in [0, 0.1) is 5.92 Å². The van der Waals surface area contributed by atoms with E-state index in [9.17, 15) is 13.2 Å². The molecule has 0 radical (unpaired) electrons. The SMILES string of the molecule is CC(C)[C@@H](c1nnnn1Cc1ccccc1)N1CCN(c2cccc(C(F)(F)F)c2)CC1. The van der Waals surface area contributed by atoms with E-state index in [2.05, 4.69) is 34.3 Å². The summed E-state index contributed by atoms with van der Waals surface area (Å²) in [5.74, 6) is 1.09. The van der Waals surface area contributed by atoms with Gasteiger partial charge in [0.2, 0.25) is 0 Å². The van der Waals surface area contributed by atoms with E-state index in [0.717, 1.165) is 30.5 Å². The molecular formula is C23H27F3N6. The van der Waals surface area contributed by atoms with Crippen molar-refractivity contribution in [2.45, 2.75) is 32.6 Å². The molecule has 0 unspecified atom stereocenters. The number of benzene rings is 2. The Bertz CT molecular complexity index is 1010. The van der Waals surface area contributed by atoms with Gasteiger partial charge in [-0.1, -0.05) is 50.2 Å². The molecule has 0 saturated carbocycles. The van der Waals surface area contributed by atoms with Crippen LogP contribution in [0.5, 0.6) is 0 Å². The smallest absolute Gasteiger partial charge is 0.369 e. The Hall–Kier alpha value is -2.94. The monoisotopic (exact) mass is 444 g/mol. The maximum absolute atomic E-state index is 13.1. The second-order valence-corrected chi connectivity index (χ2v) is 8.44. The van der Waals surface area contributed by atoms with Gasteiger partial charge in [0.15, 0.2) is 5.82 Å². The molecule has 9 heteroatoms. The highest BCUT2D eigenvalue weighted by Gasteiger charge is 2.33. The molecule has 1 aromatic heterocycles. The Morgan fingerprint density at radius 3 is 2.31 bits per heavy atom. The third kappa shape index (κ3) is 4.93. The van der Waals surface area contributed by atoms with Gasteiger partial charge in [-0.15, -0.1) is 5.10 Å². The maximum atomic E-state index is 13.1. The Kier molecular flexibility index (Phi) is 6.45. The molecular weight excluding hydrogens is 417 g/mol. The van der Waals surface area contributed by atoms with Crippen molar-refractivity contribution in [2.75, 3.05) is 31.1 Å². The van der Waals surface area contributed by atoms with Crippen LogP contribution in [0.15, 0.2) is 54.6 Å². The molecule has 4 rings (SSSR count). The second kappa shape index (κ2) is 9.28. The first-order valence-corrected chi connectivity index (χ1v) is 10.8. The molecule has 3 aromatic rings. The first-order chi connectivity index (χ1) is 15.3. The minimum Gasteiger partial charge on any atom is -0.369 e. The number of rotatable bonds is 6. The fraction of sp³-hybridized carbons (Fsp3) is 0.435. The zero-order valence-electron chi connectivity index (χ0n) is 18.2. The molecule has 32 heavy (non-hydrogen) atoms. The number of tetrazole rings is 1. The summed E-state index contributed by atoms with van der Waals surface area (Å²) in [6.45, 7) is 7.61. The fourth-order valence-electron chi connectivity index (χ4n) is 4.31. The van der Waals surface area contributed by atoms with Crippen LogP contribution in [-0.4, -0.2) is 51.3 Å². The van der Waals surface area contributed by atoms with E-state index < -0.39 is 11.7 Å². The number of alkyl halides is 3. The largest absolute Gasteiger partial charge is 0.416 e. The van der Waals surface area contributed by atoms with Crippen LogP contribution in [0.2, 0.25) is 0 Å². The Morgan fingerprint density at radius 2 is 1.66 bits per heavy atom. The van der Waals surface area contributed by atoms with Crippen LogP contribution in [-0.2, 0) is 12.7 Å². The number of nitrogens with zero attached hydrogens (tertiary/aromatic N) is 6. The van der Waals surface area contributed by atoms with Gasteiger partial charge in [-0.25, -0.2) is 4.68 Å². The third-order valence-electron chi connectivity index (χ3n) is 5.88. The van der Waals surface area contributed by atoms with Gasteiger partial charge in [-0.05, 0) is 40.1 Å². The number of hydrogen-bond acceptors (Lipinski definition) is 5. The van der Waals surface area contributed by atoms with Crippen molar-refractivity contribution in [3.8, 4) is 0 Å². The van der Waals surface area contributed by atoms with Gasteiger partial charge in [-0.3, -0.25) is 4.90 Å². The van der Waals surface area contributed by atoms with Gasteiger partial charge in [0, 0.05) is 31.9 Å². The predicted molar refractivity (Wildman–Crippen MR) is 116 cm³/mol. The fourth-order valence-corrected chi connectivity index (χ4v) is 4.31. The molecule has 0 aliphatic carbocycles. The summed E-state index contributed by atoms with van der Waals surface area (Å²) in [4.78, 5) is 4.35. The molecule has 2 heterocycles. The van der Waals surface area contributed by atoms with Crippen LogP contribution in [0.3, 0.4) is 0 Å². The summed E-state index contributed by atoms with van der Waals surface area (Å²) < 4.78 is 41.1. The Labute approximate surface area is 185 Å². The van der Waals surface area contributed by atoms with Gasteiger partial charge < -0.3 is 4.90 Å². The quantitative estimate of drug-likeness (QED) is 0.569. The normalized spacial score (nSPS) is 16.5. The van der Waals surface area contributed by atoms with Crippen molar-refractivity contribution < 1.29 is 13.2 Å². The van der Waals surface area contributed by atoms with Gasteiger partial charge in [0.25, 0.3) is 0 Å². The third-order valence-corrected chi connectivity index (χ3v) is 5.88. The summed E-state index contributed by atoms with van der Waals surface area (Å²) in [5, 5.41) is 12.5. The number of aromatic nitrogens is 4. The lowest BCUT2D eigenvalue weighted by Crippen LogP contribution is -2.49. The van der Waals surface area contributed by atoms with Crippen molar-refractivity contribution >= 4 is 5.69 Å². The van der Waals surface area contributed by atoms with Crippen LogP contribution < -0.4 is 4.90 Å². The first-order valence-electron chi connectivity index (χ1n) is 10.8. The predicted octanol–water partition coefficient (Wildman–Crippen LogP) is 4.26. The van der Waals surface area contributed by atoms with Gasteiger partial charge >= 0.3 is 6.18 Å². The van der Waals surface area contributed by atoms with E-state index >= 15 is 0 Å². The Balaban J connectivity index is 1.48. The number of halogens is 3. The molecule has 0 amide bonds. The highest BCUT2D eigenvalue weighted by atomic mass is 19.4. The number of hydrogen-bond donors (Lipinski definition) is 0. The van der Waals surface area contributed by atoms with Crippen molar-refractivity contribution in [2.24, 2.45) is 5.92 Å². The average molecular weight is 445 g/mol. The van der Waals surface area contributed by atoms with Gasteiger partial charge in [0.1, 0.15) is 0 Å². The summed E-state index contributed by atoms with van der Waals surface area (Å²) in [6, 6.07) is 15.6. The lowest BCUT2D eigenvalue weighted by atomic mass is 10.0. The van der Waals surface area contributed by atoms with Crippen LogP contribution >= 0.6 is 0 Å². The molecule has 1 aliphatic rings. The summed E-state index contributed by atoms with van der Waals surface area (Å²) in [5.41, 5.74) is 1.12. The number of anilines is 1. The Morgan fingerprint density at radius 1 is 0.938 bits per heavy atom. The molecule has 1 fully saturated rings. The summed E-state index contributed by atoms with van der Waals surface area (Å²) >= 11 is 0. The van der Waals surface area contributed by atoms with E-state index in [1.165, 1.54) is 12.1 Å². The first kappa shape index (κ1) is 22.3. The highest BCUT2D eigenvalue weighted by Crippen LogP contribution is 2.33. The second-order valence-electron chi connectivity index (χ2n) is 8.44. The summed E-state index contributed by atoms with van der Waals surface area (Å²) in [6.07, 6.45) is -4.34. The lowest BCUT2D eigenvalue weighted by Gasteiger charge is -2.41. The lowest BCUT2D eigenvalue weighted by molar-refractivity contribution is -0.137. The van der Waals surface area contributed by atoms with Crippen molar-refractivity contribution in [3.05, 3.63) is 71.5 Å². The van der Waals surface area contributed by atoms with E-state index in [0.29, 0.717) is 25.3 Å². The van der Waals surface area contributed by atoms with E-state index in [1.54, 1.807) is 6.07 Å². The molecule has 170 valence electrons. The van der Waals surface area contributed by atoms with Crippen molar-refractivity contribution in [1.29, 1.82) is 0 Å². The molecule has 0 bridgehead atoms. The van der Waals surface area contributed by atoms with Gasteiger partial charge in [-0.2, -0.15) is 13.2 Å². The summed E-state index contributed by atoms with van der Waals surface area (Å²) in [7, 11) is 0. The maximum Gasteiger partial charge on any atom is 0.416 e. The molecule has 1 aliphatic heterocycles. The van der Waals surface area contributed by atoms with Crippen molar-refractivity contribution in [3.63, 3.8) is 0 Å². The van der Waals surface area contributed by atoms with E-state index in [-0.39, 0.29) is 12.0 Å². The van der Waals surface area contributed by atoms with Crippen molar-refractivity contribution in [1.82, 2.24) is 25.1 Å². The standard InChI is InChI=1S/C23H27F3N6/c1-17(2)21(22-27-28-29-32(22)16-18-7-4-3-5-8-18)31-13-11-30(12-14-31)20-10-6-9-19(15-20)23(24,25)26/h3-10,15,17,21H,11-14,16H2,1-2H3/t21-/m0/s1. The molecule has 6 nitrogen and oxygen atoms in total. The molecule has 0 N–H and O–H groups in total. The molecule has 1 atom stereocenters. The van der Waals surface area contributed by atoms with E-state index in [4.69, 9.17) is 0 Å².